The van der Waals surface area contributed by atoms with Crippen molar-refractivity contribution in [1.29, 1.82) is 0 Å². The van der Waals surface area contributed by atoms with Gasteiger partial charge < -0.3 is 10.5 Å². The van der Waals surface area contributed by atoms with Crippen LogP contribution in [-0.4, -0.2) is 21.8 Å². The van der Waals surface area contributed by atoms with Gasteiger partial charge in [-0.05, 0) is 36.6 Å². The predicted octanol–water partition coefficient (Wildman–Crippen LogP) is 2.80. The third-order valence-electron chi connectivity index (χ3n) is 2.86. The summed E-state index contributed by atoms with van der Waals surface area (Å²) < 4.78 is 32.4. The van der Waals surface area contributed by atoms with Crippen LogP contribution in [0.15, 0.2) is 52.3 Å². The smallest absolute Gasteiger partial charge is 0.262 e. The standard InChI is InChI=1S/C14H16N2O3S2/c1-19-13-8-7-10(9-11(13)15)21(17,18)16-12-5-3-4-6-14(12)20-2/h3-9,16H,15H2,1-2H3. The highest BCUT2D eigenvalue weighted by Gasteiger charge is 2.17. The zero-order valence-corrected chi connectivity index (χ0v) is 13.3. The van der Waals surface area contributed by atoms with Crippen molar-refractivity contribution in [2.75, 3.05) is 23.8 Å². The number of anilines is 2. The topological polar surface area (TPSA) is 81.4 Å². The molecule has 112 valence electrons. The fourth-order valence-electron chi connectivity index (χ4n) is 1.81. The molecule has 2 aromatic rings. The molecule has 2 aromatic carbocycles. The van der Waals surface area contributed by atoms with Crippen LogP contribution in [0.25, 0.3) is 0 Å². The summed E-state index contributed by atoms with van der Waals surface area (Å²) in [6.45, 7) is 0. The molecule has 0 saturated heterocycles. The Labute approximate surface area is 128 Å². The summed E-state index contributed by atoms with van der Waals surface area (Å²) >= 11 is 1.47. The molecule has 2 rings (SSSR count). The van der Waals surface area contributed by atoms with Gasteiger partial charge in [-0.25, -0.2) is 8.42 Å². The lowest BCUT2D eigenvalue weighted by Gasteiger charge is -2.12. The first-order chi connectivity index (χ1) is 9.97. The fraction of sp³-hybridized carbons (Fsp3) is 0.143. The normalized spacial score (nSPS) is 11.1. The highest BCUT2D eigenvalue weighted by Crippen LogP contribution is 2.29. The van der Waals surface area contributed by atoms with E-state index >= 15 is 0 Å². The van der Waals surface area contributed by atoms with E-state index in [1.54, 1.807) is 12.1 Å². The number of nitrogens with one attached hydrogen (secondary N) is 1. The van der Waals surface area contributed by atoms with Crippen LogP contribution in [0.1, 0.15) is 0 Å². The third-order valence-corrected chi connectivity index (χ3v) is 5.02. The van der Waals surface area contributed by atoms with Crippen molar-refractivity contribution in [3.8, 4) is 5.75 Å². The minimum Gasteiger partial charge on any atom is -0.495 e. The van der Waals surface area contributed by atoms with Crippen molar-refractivity contribution in [2.45, 2.75) is 9.79 Å². The van der Waals surface area contributed by atoms with Crippen LogP contribution < -0.4 is 15.2 Å². The second-order valence-corrected chi connectivity index (χ2v) is 6.74. The number of sulfonamides is 1. The summed E-state index contributed by atoms with van der Waals surface area (Å²) in [5.74, 6) is 0.443. The van der Waals surface area contributed by atoms with Crippen molar-refractivity contribution in [2.24, 2.45) is 0 Å². The monoisotopic (exact) mass is 324 g/mol. The molecule has 0 fully saturated rings. The molecule has 0 radical (unpaired) electrons. The zero-order valence-electron chi connectivity index (χ0n) is 11.7. The molecule has 0 unspecified atom stereocenters. The van der Waals surface area contributed by atoms with E-state index in [1.807, 2.05) is 18.4 Å². The van der Waals surface area contributed by atoms with Gasteiger partial charge >= 0.3 is 0 Å². The molecule has 21 heavy (non-hydrogen) atoms. The number of benzene rings is 2. The summed E-state index contributed by atoms with van der Waals surface area (Å²) in [4.78, 5) is 0.944. The minimum absolute atomic E-state index is 0.0942. The van der Waals surface area contributed by atoms with Crippen LogP contribution in [0.4, 0.5) is 11.4 Å². The van der Waals surface area contributed by atoms with Crippen LogP contribution in [-0.2, 0) is 10.0 Å². The third kappa shape index (κ3) is 3.43. The van der Waals surface area contributed by atoms with Gasteiger partial charge in [-0.15, -0.1) is 11.8 Å². The summed E-state index contributed by atoms with van der Waals surface area (Å²) in [6.07, 6.45) is 1.89. The second kappa shape index (κ2) is 6.28. The van der Waals surface area contributed by atoms with Crippen molar-refractivity contribution in [1.82, 2.24) is 0 Å². The lowest BCUT2D eigenvalue weighted by Crippen LogP contribution is -2.14. The van der Waals surface area contributed by atoms with Crippen molar-refractivity contribution in [3.63, 3.8) is 0 Å². The first kappa shape index (κ1) is 15.5. The molecule has 0 aliphatic heterocycles. The van der Waals surface area contributed by atoms with Gasteiger partial charge in [0.15, 0.2) is 0 Å². The lowest BCUT2D eigenvalue weighted by atomic mass is 10.3. The largest absolute Gasteiger partial charge is 0.495 e. The van der Waals surface area contributed by atoms with Crippen LogP contribution in [0, 0.1) is 0 Å². The summed E-state index contributed by atoms with van der Waals surface area (Å²) in [7, 11) is -2.21. The molecule has 7 heteroatoms. The van der Waals surface area contributed by atoms with Crippen LogP contribution in [0.2, 0.25) is 0 Å². The fourth-order valence-corrected chi connectivity index (χ4v) is 3.55. The van der Waals surface area contributed by atoms with E-state index in [-0.39, 0.29) is 10.6 Å². The van der Waals surface area contributed by atoms with Gasteiger partial charge in [-0.2, -0.15) is 0 Å². The Morgan fingerprint density at radius 2 is 1.90 bits per heavy atom. The van der Waals surface area contributed by atoms with Gasteiger partial charge in [0.1, 0.15) is 5.75 Å². The molecule has 5 nitrogen and oxygen atoms in total. The van der Waals surface area contributed by atoms with Gasteiger partial charge in [-0.3, -0.25) is 4.72 Å². The molecule has 0 aromatic heterocycles. The number of hydrogen-bond donors (Lipinski definition) is 2. The number of ether oxygens (including phenoxy) is 1. The predicted molar refractivity (Wildman–Crippen MR) is 86.4 cm³/mol. The van der Waals surface area contributed by atoms with E-state index in [1.165, 1.54) is 37.1 Å². The highest BCUT2D eigenvalue weighted by molar-refractivity contribution is 7.99. The van der Waals surface area contributed by atoms with E-state index in [9.17, 15) is 8.42 Å². The zero-order chi connectivity index (χ0) is 15.5. The molecule has 0 saturated carbocycles. The molecular formula is C14H16N2O3S2. The SMILES string of the molecule is COc1ccc(S(=O)(=O)Nc2ccccc2SC)cc1N. The van der Waals surface area contributed by atoms with Crippen LogP contribution >= 0.6 is 11.8 Å². The highest BCUT2D eigenvalue weighted by atomic mass is 32.2. The maximum absolute atomic E-state index is 12.4. The first-order valence-electron chi connectivity index (χ1n) is 6.07. The Hall–Kier alpha value is -1.86. The Morgan fingerprint density at radius 1 is 1.19 bits per heavy atom. The van der Waals surface area contributed by atoms with E-state index in [2.05, 4.69) is 4.72 Å². The number of rotatable bonds is 5. The van der Waals surface area contributed by atoms with Crippen LogP contribution in [0.5, 0.6) is 5.75 Å². The maximum atomic E-state index is 12.4. The van der Waals surface area contributed by atoms with E-state index in [0.29, 0.717) is 11.4 Å². The van der Waals surface area contributed by atoms with Gasteiger partial charge in [-0.1, -0.05) is 12.1 Å². The Bertz CT molecular complexity index is 746. The average molecular weight is 324 g/mol. The van der Waals surface area contributed by atoms with Crippen molar-refractivity contribution in [3.05, 3.63) is 42.5 Å². The van der Waals surface area contributed by atoms with Crippen LogP contribution in [0.3, 0.4) is 0 Å². The quantitative estimate of drug-likeness (QED) is 0.653. The first-order valence-corrected chi connectivity index (χ1v) is 8.78. The van der Waals surface area contributed by atoms with Gasteiger partial charge in [0.25, 0.3) is 10.0 Å². The van der Waals surface area contributed by atoms with Crippen molar-refractivity contribution < 1.29 is 13.2 Å². The molecule has 3 N–H and O–H groups in total. The number of hydrogen-bond acceptors (Lipinski definition) is 5. The summed E-state index contributed by atoms with van der Waals surface area (Å²) in [5.41, 5.74) is 6.57. The van der Waals surface area contributed by atoms with E-state index in [0.717, 1.165) is 4.90 Å². The molecule has 0 aliphatic carbocycles. The minimum atomic E-state index is -3.69. The Kier molecular flexibility index (Phi) is 4.64. The van der Waals surface area contributed by atoms with Gasteiger partial charge in [0.05, 0.1) is 23.4 Å². The number of nitrogen functional groups attached to an aromatic ring is 1. The van der Waals surface area contributed by atoms with Gasteiger partial charge in [0, 0.05) is 4.90 Å². The van der Waals surface area contributed by atoms with Crippen molar-refractivity contribution >= 4 is 33.2 Å². The number of nitrogens with two attached hydrogens (primary N) is 1. The Balaban J connectivity index is 2.36. The number of para-hydroxylation sites is 1. The number of thioether (sulfide) groups is 1. The van der Waals surface area contributed by atoms with Gasteiger partial charge in [0.2, 0.25) is 0 Å². The Morgan fingerprint density at radius 3 is 2.52 bits per heavy atom. The summed E-state index contributed by atoms with van der Waals surface area (Å²) in [6, 6.07) is 11.6. The molecule has 0 aliphatic rings. The molecule has 0 heterocycles. The average Bonchev–Trinajstić information content (AvgIpc) is 2.47. The molecule has 0 bridgehead atoms. The molecule has 0 atom stereocenters. The molecule has 0 amide bonds. The maximum Gasteiger partial charge on any atom is 0.262 e. The second-order valence-electron chi connectivity index (χ2n) is 4.21. The number of methoxy groups -OCH3 is 1. The van der Waals surface area contributed by atoms with E-state index < -0.39 is 10.0 Å². The molecule has 0 spiro atoms. The van der Waals surface area contributed by atoms with E-state index in [4.69, 9.17) is 10.5 Å². The molecular weight excluding hydrogens is 308 g/mol. The lowest BCUT2D eigenvalue weighted by molar-refractivity contribution is 0.416. The summed E-state index contributed by atoms with van der Waals surface area (Å²) in [5, 5.41) is 0.